The largest absolute Gasteiger partial charge is 0.445 e. The SMILES string of the molecule is C.COCCOC(=O)N=C(N1CCOCC1)C(C)(C)C. The Bertz CT molecular complexity index is 318. The molecule has 0 aliphatic carbocycles. The number of hydrogen-bond donors (Lipinski definition) is 0. The molecule has 1 aliphatic rings. The Balaban J connectivity index is 0.00000361. The molecule has 1 aliphatic heterocycles. The van der Waals surface area contributed by atoms with Crippen LogP contribution in [0.2, 0.25) is 0 Å². The van der Waals surface area contributed by atoms with Gasteiger partial charge < -0.3 is 19.1 Å². The first-order chi connectivity index (χ1) is 8.95. The molecule has 0 radical (unpaired) electrons. The van der Waals surface area contributed by atoms with Crippen LogP contribution in [-0.2, 0) is 14.2 Å². The minimum absolute atomic E-state index is 0. The number of nitrogens with zero attached hydrogens (tertiary/aromatic N) is 2. The van der Waals surface area contributed by atoms with E-state index in [1.54, 1.807) is 7.11 Å². The van der Waals surface area contributed by atoms with Gasteiger partial charge in [0.2, 0.25) is 0 Å². The second-order valence-electron chi connectivity index (χ2n) is 5.39. The molecule has 0 spiro atoms. The lowest BCUT2D eigenvalue weighted by atomic mass is 9.93. The molecule has 1 amide bonds. The number of amides is 1. The van der Waals surface area contributed by atoms with Crippen molar-refractivity contribution >= 4 is 11.9 Å². The summed E-state index contributed by atoms with van der Waals surface area (Å²) in [5, 5.41) is 0. The maximum absolute atomic E-state index is 11.7. The summed E-state index contributed by atoms with van der Waals surface area (Å²) >= 11 is 0. The molecule has 20 heavy (non-hydrogen) atoms. The zero-order chi connectivity index (χ0) is 14.3. The van der Waals surface area contributed by atoms with Crippen LogP contribution >= 0.6 is 0 Å². The number of morpholine rings is 1. The van der Waals surface area contributed by atoms with Crippen LogP contribution in [0.4, 0.5) is 4.79 Å². The van der Waals surface area contributed by atoms with Gasteiger partial charge in [0.05, 0.1) is 19.8 Å². The van der Waals surface area contributed by atoms with Gasteiger partial charge in [-0.15, -0.1) is 0 Å². The van der Waals surface area contributed by atoms with E-state index in [9.17, 15) is 4.79 Å². The van der Waals surface area contributed by atoms with E-state index in [-0.39, 0.29) is 19.4 Å². The quantitative estimate of drug-likeness (QED) is 0.452. The van der Waals surface area contributed by atoms with Gasteiger partial charge in [-0.25, -0.2) is 4.79 Å². The van der Waals surface area contributed by atoms with Crippen LogP contribution in [0.15, 0.2) is 4.99 Å². The number of hydrogen-bond acceptors (Lipinski definition) is 4. The average molecular weight is 288 g/mol. The first kappa shape index (κ1) is 18.9. The topological polar surface area (TPSA) is 60.4 Å². The van der Waals surface area contributed by atoms with Crippen molar-refractivity contribution in [2.24, 2.45) is 10.4 Å². The molecule has 118 valence electrons. The monoisotopic (exact) mass is 288 g/mol. The number of rotatable bonds is 3. The van der Waals surface area contributed by atoms with Gasteiger partial charge in [-0.1, -0.05) is 28.2 Å². The summed E-state index contributed by atoms with van der Waals surface area (Å²) in [4.78, 5) is 17.9. The molecule has 1 rings (SSSR count). The van der Waals surface area contributed by atoms with Crippen molar-refractivity contribution in [3.63, 3.8) is 0 Å². The molecule has 0 saturated carbocycles. The summed E-state index contributed by atoms with van der Waals surface area (Å²) in [5.41, 5.74) is -0.211. The molecule has 6 heteroatoms. The van der Waals surface area contributed by atoms with Crippen molar-refractivity contribution in [1.29, 1.82) is 0 Å². The van der Waals surface area contributed by atoms with E-state index < -0.39 is 6.09 Å². The van der Waals surface area contributed by atoms with Gasteiger partial charge >= 0.3 is 6.09 Å². The first-order valence-corrected chi connectivity index (χ1v) is 6.52. The van der Waals surface area contributed by atoms with Gasteiger partial charge in [-0.05, 0) is 0 Å². The number of aliphatic imine (C=N–C) groups is 1. The fourth-order valence-electron chi connectivity index (χ4n) is 1.82. The summed E-state index contributed by atoms with van der Waals surface area (Å²) in [6.07, 6.45) is -0.562. The van der Waals surface area contributed by atoms with Crippen LogP contribution in [0.3, 0.4) is 0 Å². The molecular weight excluding hydrogens is 260 g/mol. The maximum Gasteiger partial charge on any atom is 0.435 e. The second kappa shape index (κ2) is 8.92. The Morgan fingerprint density at radius 2 is 1.85 bits per heavy atom. The molecule has 0 aromatic rings. The highest BCUT2D eigenvalue weighted by atomic mass is 16.6. The minimum atomic E-state index is -0.562. The lowest BCUT2D eigenvalue weighted by molar-refractivity contribution is 0.0639. The normalized spacial score (nSPS) is 16.6. The fraction of sp³-hybridized carbons (Fsp3) is 0.857. The summed E-state index contributed by atoms with van der Waals surface area (Å²) in [5.74, 6) is 0.748. The molecule has 0 atom stereocenters. The predicted molar refractivity (Wildman–Crippen MR) is 79.2 cm³/mol. The Kier molecular flexibility index (Phi) is 8.41. The van der Waals surface area contributed by atoms with E-state index in [4.69, 9.17) is 14.2 Å². The molecule has 0 N–H and O–H groups in total. The molecule has 1 saturated heterocycles. The van der Waals surface area contributed by atoms with Crippen LogP contribution < -0.4 is 0 Å². The van der Waals surface area contributed by atoms with Gasteiger partial charge in [0.1, 0.15) is 12.4 Å². The van der Waals surface area contributed by atoms with Crippen molar-refractivity contribution in [3.8, 4) is 0 Å². The lowest BCUT2D eigenvalue weighted by Gasteiger charge is -2.35. The van der Waals surface area contributed by atoms with Crippen molar-refractivity contribution in [2.45, 2.75) is 28.2 Å². The molecule has 1 heterocycles. The minimum Gasteiger partial charge on any atom is -0.445 e. The standard InChI is InChI=1S/C13H24N2O4.CH4/c1-13(2,3)11(15-5-7-18-8-6-15)14-12(16)19-10-9-17-4;/h5-10H2,1-4H3;1H4. The van der Waals surface area contributed by atoms with Crippen LogP contribution in [-0.4, -0.2) is 63.5 Å². The molecule has 6 nitrogen and oxygen atoms in total. The van der Waals surface area contributed by atoms with E-state index in [0.29, 0.717) is 19.8 Å². The summed E-state index contributed by atoms with van der Waals surface area (Å²) in [6.45, 7) is 9.52. The highest BCUT2D eigenvalue weighted by molar-refractivity contribution is 5.95. The van der Waals surface area contributed by atoms with Crippen LogP contribution in [0.5, 0.6) is 0 Å². The van der Waals surface area contributed by atoms with Crippen LogP contribution in [0.1, 0.15) is 28.2 Å². The highest BCUT2D eigenvalue weighted by Crippen LogP contribution is 2.20. The molecule has 0 bridgehead atoms. The van der Waals surface area contributed by atoms with Gasteiger partial charge in [-0.3, -0.25) is 0 Å². The van der Waals surface area contributed by atoms with E-state index in [1.165, 1.54) is 0 Å². The van der Waals surface area contributed by atoms with Gasteiger partial charge in [0, 0.05) is 25.6 Å². The predicted octanol–water partition coefficient (Wildman–Crippen LogP) is 2.18. The zero-order valence-corrected chi connectivity index (χ0v) is 12.3. The molecule has 0 unspecified atom stereocenters. The van der Waals surface area contributed by atoms with Crippen LogP contribution in [0.25, 0.3) is 0 Å². The van der Waals surface area contributed by atoms with Crippen molar-refractivity contribution in [1.82, 2.24) is 4.90 Å². The van der Waals surface area contributed by atoms with Crippen LogP contribution in [0, 0.1) is 5.41 Å². The lowest BCUT2D eigenvalue weighted by Crippen LogP contribution is -2.46. The van der Waals surface area contributed by atoms with E-state index in [2.05, 4.69) is 9.89 Å². The van der Waals surface area contributed by atoms with Crippen molar-refractivity contribution in [2.75, 3.05) is 46.6 Å². The summed E-state index contributed by atoms with van der Waals surface area (Å²) < 4.78 is 15.1. The summed E-state index contributed by atoms with van der Waals surface area (Å²) in [7, 11) is 1.56. The molecule has 1 fully saturated rings. The van der Waals surface area contributed by atoms with E-state index in [1.807, 2.05) is 20.8 Å². The number of carbonyl (C=O) groups is 1. The number of carbonyl (C=O) groups excluding carboxylic acids is 1. The molecule has 0 aromatic heterocycles. The smallest absolute Gasteiger partial charge is 0.435 e. The fourth-order valence-corrected chi connectivity index (χ4v) is 1.82. The van der Waals surface area contributed by atoms with E-state index >= 15 is 0 Å². The third-order valence-corrected chi connectivity index (χ3v) is 2.69. The average Bonchev–Trinajstić information content (AvgIpc) is 2.36. The first-order valence-electron chi connectivity index (χ1n) is 6.52. The van der Waals surface area contributed by atoms with Crippen molar-refractivity contribution < 1.29 is 19.0 Å². The van der Waals surface area contributed by atoms with Gasteiger partial charge in [-0.2, -0.15) is 4.99 Å². The van der Waals surface area contributed by atoms with E-state index in [0.717, 1.165) is 18.9 Å². The number of ether oxygens (including phenoxy) is 3. The number of methoxy groups -OCH3 is 1. The van der Waals surface area contributed by atoms with Crippen molar-refractivity contribution in [3.05, 3.63) is 0 Å². The van der Waals surface area contributed by atoms with Gasteiger partial charge in [0.15, 0.2) is 0 Å². The number of amidine groups is 1. The summed E-state index contributed by atoms with van der Waals surface area (Å²) in [6, 6.07) is 0. The Morgan fingerprint density at radius 3 is 2.35 bits per heavy atom. The Labute approximate surface area is 122 Å². The molecule has 0 aromatic carbocycles. The molecular formula is C14H28N2O4. The van der Waals surface area contributed by atoms with Gasteiger partial charge in [0.25, 0.3) is 0 Å². The Morgan fingerprint density at radius 1 is 1.25 bits per heavy atom. The third-order valence-electron chi connectivity index (χ3n) is 2.69. The Hall–Kier alpha value is -1.14. The zero-order valence-electron chi connectivity index (χ0n) is 12.3. The third kappa shape index (κ3) is 6.34. The maximum atomic E-state index is 11.7. The second-order valence-corrected chi connectivity index (χ2v) is 5.39. The highest BCUT2D eigenvalue weighted by Gasteiger charge is 2.27.